The van der Waals surface area contributed by atoms with Gasteiger partial charge in [0.1, 0.15) is 5.75 Å². The Hall–Kier alpha value is -4.46. The van der Waals surface area contributed by atoms with Crippen LogP contribution in [0.15, 0.2) is 77.9 Å². The van der Waals surface area contributed by atoms with Crippen LogP contribution in [0.25, 0.3) is 0 Å². The third kappa shape index (κ3) is 8.43. The molecule has 0 aliphatic carbocycles. The monoisotopic (exact) mass is 472 g/mol. The molecule has 0 heterocycles. The first kappa shape index (κ1) is 25.2. The number of benzene rings is 3. The van der Waals surface area contributed by atoms with Gasteiger partial charge in [-0.25, -0.2) is 5.43 Å². The molecule has 180 valence electrons. The van der Waals surface area contributed by atoms with E-state index in [4.69, 9.17) is 4.74 Å². The SMILES string of the molecule is CCc1ccc(NC(=O)COc2cccc(/C=N\NC(=O)C(=O)NCc3ccc(C)cc3)c2)cc1. The van der Waals surface area contributed by atoms with Crippen molar-refractivity contribution in [1.29, 1.82) is 0 Å². The molecule has 3 aromatic carbocycles. The largest absolute Gasteiger partial charge is 0.484 e. The minimum absolute atomic E-state index is 0.159. The molecule has 0 atom stereocenters. The van der Waals surface area contributed by atoms with Gasteiger partial charge in [0, 0.05) is 12.2 Å². The van der Waals surface area contributed by atoms with E-state index in [0.717, 1.165) is 17.5 Å². The van der Waals surface area contributed by atoms with Crippen molar-refractivity contribution in [3.8, 4) is 5.75 Å². The zero-order valence-corrected chi connectivity index (χ0v) is 19.7. The number of anilines is 1. The molecule has 0 aliphatic rings. The maximum atomic E-state index is 12.1. The second-order valence-corrected chi connectivity index (χ2v) is 7.83. The third-order valence-corrected chi connectivity index (χ3v) is 5.03. The Kier molecular flexibility index (Phi) is 9.13. The molecule has 0 unspecified atom stereocenters. The van der Waals surface area contributed by atoms with E-state index in [1.165, 1.54) is 11.8 Å². The highest BCUT2D eigenvalue weighted by molar-refractivity contribution is 6.35. The average molecular weight is 473 g/mol. The molecule has 0 spiro atoms. The smallest absolute Gasteiger partial charge is 0.329 e. The summed E-state index contributed by atoms with van der Waals surface area (Å²) in [4.78, 5) is 36.0. The Balaban J connectivity index is 1.43. The summed E-state index contributed by atoms with van der Waals surface area (Å²) in [7, 11) is 0. The van der Waals surface area contributed by atoms with Crippen LogP contribution in [0.4, 0.5) is 5.69 Å². The first-order valence-electron chi connectivity index (χ1n) is 11.2. The van der Waals surface area contributed by atoms with Crippen molar-refractivity contribution >= 4 is 29.6 Å². The maximum Gasteiger partial charge on any atom is 0.329 e. The van der Waals surface area contributed by atoms with Crippen molar-refractivity contribution in [1.82, 2.24) is 10.7 Å². The highest BCUT2D eigenvalue weighted by Crippen LogP contribution is 2.13. The van der Waals surface area contributed by atoms with Gasteiger partial charge >= 0.3 is 11.8 Å². The molecule has 0 aromatic heterocycles. The van der Waals surface area contributed by atoms with E-state index in [1.807, 2.05) is 55.5 Å². The number of aryl methyl sites for hydroxylation is 2. The summed E-state index contributed by atoms with van der Waals surface area (Å²) >= 11 is 0. The molecule has 35 heavy (non-hydrogen) atoms. The average Bonchev–Trinajstić information content (AvgIpc) is 2.87. The first-order chi connectivity index (χ1) is 16.9. The number of hydrazone groups is 1. The van der Waals surface area contributed by atoms with E-state index in [1.54, 1.807) is 24.3 Å². The van der Waals surface area contributed by atoms with Crippen LogP contribution in [0.1, 0.15) is 29.2 Å². The Morgan fingerprint density at radius 1 is 0.914 bits per heavy atom. The molecule has 3 aromatic rings. The third-order valence-electron chi connectivity index (χ3n) is 5.03. The number of nitrogens with one attached hydrogen (secondary N) is 3. The van der Waals surface area contributed by atoms with Gasteiger partial charge in [0.2, 0.25) is 0 Å². The van der Waals surface area contributed by atoms with Crippen LogP contribution in [0.3, 0.4) is 0 Å². The van der Waals surface area contributed by atoms with Crippen LogP contribution in [0.2, 0.25) is 0 Å². The van der Waals surface area contributed by atoms with Gasteiger partial charge in [-0.2, -0.15) is 5.10 Å². The topological polar surface area (TPSA) is 109 Å². The van der Waals surface area contributed by atoms with Crippen molar-refractivity contribution in [2.24, 2.45) is 5.10 Å². The number of ether oxygens (including phenoxy) is 1. The lowest BCUT2D eigenvalue weighted by molar-refractivity contribution is -0.139. The van der Waals surface area contributed by atoms with Crippen molar-refractivity contribution in [2.45, 2.75) is 26.8 Å². The standard InChI is InChI=1S/C27H28N4O4/c1-3-20-11-13-23(14-12-20)30-25(32)18-35-24-6-4-5-22(15-24)17-29-31-27(34)26(33)28-16-21-9-7-19(2)8-10-21/h4-15,17H,3,16,18H2,1-2H3,(H,28,33)(H,30,32)(H,31,34)/b29-17-. The minimum Gasteiger partial charge on any atom is -0.484 e. The predicted molar refractivity (Wildman–Crippen MR) is 135 cm³/mol. The van der Waals surface area contributed by atoms with Gasteiger partial charge in [-0.15, -0.1) is 0 Å². The second kappa shape index (κ2) is 12.7. The van der Waals surface area contributed by atoms with Gasteiger partial charge in [-0.05, 0) is 54.3 Å². The highest BCUT2D eigenvalue weighted by Gasteiger charge is 2.12. The van der Waals surface area contributed by atoms with E-state index in [9.17, 15) is 14.4 Å². The van der Waals surface area contributed by atoms with Crippen molar-refractivity contribution in [3.05, 3.63) is 95.1 Å². The first-order valence-corrected chi connectivity index (χ1v) is 11.2. The van der Waals surface area contributed by atoms with E-state index in [2.05, 4.69) is 28.1 Å². The summed E-state index contributed by atoms with van der Waals surface area (Å²) in [5.74, 6) is -1.47. The normalized spacial score (nSPS) is 10.6. The zero-order valence-electron chi connectivity index (χ0n) is 19.7. The summed E-state index contributed by atoms with van der Waals surface area (Å²) < 4.78 is 5.55. The molecule has 0 bridgehead atoms. The van der Waals surface area contributed by atoms with Crippen LogP contribution in [-0.4, -0.2) is 30.5 Å². The molecular weight excluding hydrogens is 444 g/mol. The number of nitrogens with zero attached hydrogens (tertiary/aromatic N) is 1. The Morgan fingerprint density at radius 3 is 2.34 bits per heavy atom. The molecule has 0 fully saturated rings. The van der Waals surface area contributed by atoms with E-state index in [-0.39, 0.29) is 19.1 Å². The van der Waals surface area contributed by atoms with E-state index >= 15 is 0 Å². The Morgan fingerprint density at radius 2 is 1.63 bits per heavy atom. The van der Waals surface area contributed by atoms with Crippen LogP contribution in [-0.2, 0) is 27.3 Å². The number of carbonyl (C=O) groups is 3. The molecule has 0 saturated heterocycles. The summed E-state index contributed by atoms with van der Waals surface area (Å²) in [6.45, 7) is 4.12. The summed E-state index contributed by atoms with van der Waals surface area (Å²) in [5, 5.41) is 9.14. The summed E-state index contributed by atoms with van der Waals surface area (Å²) in [6, 6.07) is 22.1. The quantitative estimate of drug-likeness (QED) is 0.252. The molecule has 3 N–H and O–H groups in total. The number of carbonyl (C=O) groups excluding carboxylic acids is 3. The lowest BCUT2D eigenvalue weighted by Gasteiger charge is -2.08. The molecule has 3 rings (SSSR count). The Labute approximate surface area is 204 Å². The van der Waals surface area contributed by atoms with E-state index < -0.39 is 11.8 Å². The van der Waals surface area contributed by atoms with Gasteiger partial charge in [-0.3, -0.25) is 14.4 Å². The van der Waals surface area contributed by atoms with Gasteiger partial charge in [0.05, 0.1) is 6.21 Å². The molecule has 8 nitrogen and oxygen atoms in total. The summed E-state index contributed by atoms with van der Waals surface area (Å²) in [6.07, 6.45) is 2.31. The van der Waals surface area contributed by atoms with Crippen molar-refractivity contribution in [2.75, 3.05) is 11.9 Å². The molecule has 0 radical (unpaired) electrons. The second-order valence-electron chi connectivity index (χ2n) is 7.83. The lowest BCUT2D eigenvalue weighted by atomic mass is 10.1. The van der Waals surface area contributed by atoms with Gasteiger partial charge in [-0.1, -0.05) is 61.0 Å². The number of hydrogen-bond donors (Lipinski definition) is 3. The molecule has 3 amide bonds. The lowest BCUT2D eigenvalue weighted by Crippen LogP contribution is -2.37. The number of hydrogen-bond acceptors (Lipinski definition) is 5. The van der Waals surface area contributed by atoms with Crippen LogP contribution >= 0.6 is 0 Å². The van der Waals surface area contributed by atoms with Crippen LogP contribution < -0.4 is 20.8 Å². The van der Waals surface area contributed by atoms with Crippen LogP contribution in [0.5, 0.6) is 5.75 Å². The van der Waals surface area contributed by atoms with Gasteiger partial charge < -0.3 is 15.4 Å². The molecule has 0 saturated carbocycles. The van der Waals surface area contributed by atoms with Gasteiger partial charge in [0.15, 0.2) is 6.61 Å². The predicted octanol–water partition coefficient (Wildman–Crippen LogP) is 3.34. The van der Waals surface area contributed by atoms with E-state index in [0.29, 0.717) is 17.0 Å². The highest BCUT2D eigenvalue weighted by atomic mass is 16.5. The molecule has 0 aliphatic heterocycles. The fourth-order valence-electron chi connectivity index (χ4n) is 3.04. The minimum atomic E-state index is -0.871. The van der Waals surface area contributed by atoms with Gasteiger partial charge in [0.25, 0.3) is 5.91 Å². The van der Waals surface area contributed by atoms with Crippen molar-refractivity contribution < 1.29 is 19.1 Å². The van der Waals surface area contributed by atoms with Crippen molar-refractivity contribution in [3.63, 3.8) is 0 Å². The molecule has 8 heteroatoms. The summed E-state index contributed by atoms with van der Waals surface area (Å²) in [5.41, 5.74) is 6.72. The maximum absolute atomic E-state index is 12.1. The Bertz CT molecular complexity index is 1190. The number of amides is 3. The van der Waals surface area contributed by atoms with Crippen LogP contribution in [0, 0.1) is 6.92 Å². The fourth-order valence-corrected chi connectivity index (χ4v) is 3.04. The fraction of sp³-hybridized carbons (Fsp3) is 0.185. The number of rotatable bonds is 9. The zero-order chi connectivity index (χ0) is 25.0. The molecular formula is C27H28N4O4.